The summed E-state index contributed by atoms with van der Waals surface area (Å²) in [5.74, 6) is 0.116. The topological polar surface area (TPSA) is 118 Å². The zero-order valence-electron chi connectivity index (χ0n) is 19.2. The Labute approximate surface area is 192 Å². The van der Waals surface area contributed by atoms with Crippen molar-refractivity contribution in [1.29, 1.82) is 0 Å². The van der Waals surface area contributed by atoms with E-state index in [2.05, 4.69) is 9.71 Å². The van der Waals surface area contributed by atoms with Crippen molar-refractivity contribution >= 4 is 32.5 Å². The van der Waals surface area contributed by atoms with E-state index >= 15 is 0 Å². The Morgan fingerprint density at radius 1 is 1.06 bits per heavy atom. The number of nitrogens with one attached hydrogen (secondary N) is 2. The first-order chi connectivity index (χ1) is 15.6. The number of aromatic nitrogens is 1. The Morgan fingerprint density at radius 3 is 2.36 bits per heavy atom. The molecule has 1 amide bonds. The molecule has 0 aliphatic heterocycles. The summed E-state index contributed by atoms with van der Waals surface area (Å²) in [5.41, 5.74) is 1.26. The number of aromatic amines is 1. The van der Waals surface area contributed by atoms with Gasteiger partial charge in [-0.05, 0) is 56.7 Å². The number of nitrogens with zero attached hydrogens (tertiary/aromatic N) is 1. The molecule has 33 heavy (non-hydrogen) atoms. The van der Waals surface area contributed by atoms with Crippen LogP contribution in [-0.2, 0) is 10.0 Å². The second-order valence-corrected chi connectivity index (χ2v) is 9.05. The summed E-state index contributed by atoms with van der Waals surface area (Å²) in [6.45, 7) is 6.46. The molecule has 1 aromatic heterocycles. The molecule has 3 aromatic rings. The lowest BCUT2D eigenvalue weighted by Gasteiger charge is -2.21. The molecule has 2 aromatic carbocycles. The van der Waals surface area contributed by atoms with E-state index in [9.17, 15) is 18.0 Å². The van der Waals surface area contributed by atoms with Gasteiger partial charge in [0.2, 0.25) is 5.56 Å². The average Bonchev–Trinajstić information content (AvgIpc) is 2.78. The lowest BCUT2D eigenvalue weighted by atomic mass is 10.1. The number of hydrogen-bond acceptors (Lipinski definition) is 6. The molecule has 0 aliphatic carbocycles. The SMILES string of the molecule is CCN(CC)C(=O)c1cc(NS(=O)(=O)c2ccc3[nH]c(=O)cc(C)c3c2)c(OC)c(OC)c1. The minimum atomic E-state index is -4.07. The van der Waals surface area contributed by atoms with E-state index in [4.69, 9.17) is 9.47 Å². The maximum Gasteiger partial charge on any atom is 0.262 e. The van der Waals surface area contributed by atoms with Crippen LogP contribution in [0.3, 0.4) is 0 Å². The lowest BCUT2D eigenvalue weighted by Crippen LogP contribution is -2.30. The Morgan fingerprint density at radius 2 is 1.76 bits per heavy atom. The zero-order chi connectivity index (χ0) is 24.3. The van der Waals surface area contributed by atoms with Gasteiger partial charge in [0.05, 0.1) is 24.8 Å². The quantitative estimate of drug-likeness (QED) is 0.519. The van der Waals surface area contributed by atoms with Gasteiger partial charge in [-0.1, -0.05) is 0 Å². The van der Waals surface area contributed by atoms with Gasteiger partial charge < -0.3 is 19.4 Å². The molecule has 10 heteroatoms. The van der Waals surface area contributed by atoms with Crippen LogP contribution in [0.5, 0.6) is 11.5 Å². The zero-order valence-corrected chi connectivity index (χ0v) is 20.0. The molecule has 176 valence electrons. The molecule has 9 nitrogen and oxygen atoms in total. The van der Waals surface area contributed by atoms with Gasteiger partial charge in [0, 0.05) is 35.6 Å². The molecular formula is C23H27N3O6S. The number of rotatable bonds is 8. The number of ether oxygens (including phenoxy) is 2. The van der Waals surface area contributed by atoms with E-state index in [1.54, 1.807) is 11.8 Å². The number of anilines is 1. The predicted octanol–water partition coefficient (Wildman–Crippen LogP) is 3.14. The van der Waals surface area contributed by atoms with Gasteiger partial charge >= 0.3 is 0 Å². The van der Waals surface area contributed by atoms with Gasteiger partial charge in [-0.15, -0.1) is 0 Å². The first-order valence-corrected chi connectivity index (χ1v) is 11.8. The standard InChI is InChI=1S/C23H27N3O6S/c1-6-26(7-2)23(28)15-11-19(22(32-5)20(12-15)31-4)25-33(29,30)16-8-9-18-17(13-16)14(3)10-21(27)24-18/h8-13,25H,6-7H2,1-5H3,(H,24,27). The highest BCUT2D eigenvalue weighted by atomic mass is 32.2. The van der Waals surface area contributed by atoms with E-state index in [1.165, 1.54) is 50.6 Å². The van der Waals surface area contributed by atoms with Gasteiger partial charge in [-0.2, -0.15) is 0 Å². The Hall–Kier alpha value is -3.53. The van der Waals surface area contributed by atoms with Crippen LogP contribution in [-0.4, -0.2) is 51.5 Å². The monoisotopic (exact) mass is 473 g/mol. The smallest absolute Gasteiger partial charge is 0.262 e. The van der Waals surface area contributed by atoms with Crippen molar-refractivity contribution in [2.24, 2.45) is 0 Å². The van der Waals surface area contributed by atoms with Crippen molar-refractivity contribution in [3.05, 3.63) is 57.9 Å². The van der Waals surface area contributed by atoms with E-state index in [1.807, 2.05) is 13.8 Å². The molecule has 2 N–H and O–H groups in total. The minimum Gasteiger partial charge on any atom is -0.493 e. The number of methoxy groups -OCH3 is 2. The summed E-state index contributed by atoms with van der Waals surface area (Å²) in [6.07, 6.45) is 0. The van der Waals surface area contributed by atoms with Crippen LogP contribution in [0.2, 0.25) is 0 Å². The number of aryl methyl sites for hydroxylation is 1. The molecule has 0 unspecified atom stereocenters. The molecule has 0 spiro atoms. The second kappa shape index (κ2) is 9.53. The normalized spacial score (nSPS) is 11.3. The number of sulfonamides is 1. The third-order valence-electron chi connectivity index (χ3n) is 5.35. The molecular weight excluding hydrogens is 446 g/mol. The molecule has 0 radical (unpaired) electrons. The number of fused-ring (bicyclic) bond motifs is 1. The number of H-pyrrole nitrogens is 1. The molecule has 0 saturated carbocycles. The molecule has 3 rings (SSSR count). The maximum atomic E-state index is 13.2. The van der Waals surface area contributed by atoms with Gasteiger partial charge in [0.25, 0.3) is 15.9 Å². The van der Waals surface area contributed by atoms with Crippen LogP contribution in [0, 0.1) is 6.92 Å². The van der Waals surface area contributed by atoms with Crippen molar-refractivity contribution in [1.82, 2.24) is 9.88 Å². The molecule has 0 bridgehead atoms. The summed E-state index contributed by atoms with van der Waals surface area (Å²) in [4.78, 5) is 28.9. The number of carbonyl (C=O) groups is 1. The number of hydrogen-bond donors (Lipinski definition) is 2. The molecule has 0 fully saturated rings. The van der Waals surface area contributed by atoms with E-state index in [0.29, 0.717) is 29.6 Å². The molecule has 0 aliphatic rings. The number of benzene rings is 2. The van der Waals surface area contributed by atoms with E-state index in [-0.39, 0.29) is 39.1 Å². The van der Waals surface area contributed by atoms with Crippen molar-refractivity contribution < 1.29 is 22.7 Å². The first kappa shape index (κ1) is 24.1. The summed E-state index contributed by atoms with van der Waals surface area (Å²) >= 11 is 0. The molecule has 0 atom stereocenters. The van der Waals surface area contributed by atoms with Crippen LogP contribution in [0.15, 0.2) is 46.1 Å². The van der Waals surface area contributed by atoms with Gasteiger partial charge in [-0.25, -0.2) is 8.42 Å². The fraction of sp³-hybridized carbons (Fsp3) is 0.304. The highest BCUT2D eigenvalue weighted by Crippen LogP contribution is 2.38. The van der Waals surface area contributed by atoms with Crippen molar-refractivity contribution in [2.45, 2.75) is 25.7 Å². The second-order valence-electron chi connectivity index (χ2n) is 7.37. The highest BCUT2D eigenvalue weighted by Gasteiger charge is 2.23. The number of carbonyl (C=O) groups excluding carboxylic acids is 1. The fourth-order valence-electron chi connectivity index (χ4n) is 3.63. The lowest BCUT2D eigenvalue weighted by molar-refractivity contribution is 0.0772. The summed E-state index contributed by atoms with van der Waals surface area (Å²) < 4.78 is 39.7. The van der Waals surface area contributed by atoms with E-state index in [0.717, 1.165) is 0 Å². The summed E-state index contributed by atoms with van der Waals surface area (Å²) in [6, 6.07) is 8.78. The van der Waals surface area contributed by atoms with Crippen LogP contribution in [0.1, 0.15) is 29.8 Å². The third-order valence-corrected chi connectivity index (χ3v) is 6.72. The van der Waals surface area contributed by atoms with Gasteiger partial charge in [0.1, 0.15) is 0 Å². The Balaban J connectivity index is 2.10. The maximum absolute atomic E-state index is 13.2. The van der Waals surface area contributed by atoms with Crippen LogP contribution in [0.4, 0.5) is 5.69 Å². The number of pyridine rings is 1. The van der Waals surface area contributed by atoms with Crippen LogP contribution >= 0.6 is 0 Å². The summed E-state index contributed by atoms with van der Waals surface area (Å²) in [5, 5.41) is 0.604. The predicted molar refractivity (Wildman–Crippen MR) is 127 cm³/mol. The minimum absolute atomic E-state index is 0.00774. The molecule has 1 heterocycles. The van der Waals surface area contributed by atoms with Gasteiger partial charge in [0.15, 0.2) is 11.5 Å². The van der Waals surface area contributed by atoms with Crippen molar-refractivity contribution in [3.8, 4) is 11.5 Å². The van der Waals surface area contributed by atoms with Crippen LogP contribution < -0.4 is 19.8 Å². The van der Waals surface area contributed by atoms with Gasteiger partial charge in [-0.3, -0.25) is 14.3 Å². The third kappa shape index (κ3) is 4.80. The number of amides is 1. The summed E-state index contributed by atoms with van der Waals surface area (Å²) in [7, 11) is -1.27. The Bertz CT molecular complexity index is 1360. The fourth-order valence-corrected chi connectivity index (χ4v) is 4.71. The van der Waals surface area contributed by atoms with Crippen LogP contribution in [0.25, 0.3) is 10.9 Å². The van der Waals surface area contributed by atoms with E-state index < -0.39 is 10.0 Å². The largest absolute Gasteiger partial charge is 0.493 e. The van der Waals surface area contributed by atoms with Crippen molar-refractivity contribution in [2.75, 3.05) is 32.0 Å². The highest BCUT2D eigenvalue weighted by molar-refractivity contribution is 7.92. The average molecular weight is 474 g/mol. The first-order valence-electron chi connectivity index (χ1n) is 10.4. The molecule has 0 saturated heterocycles. The van der Waals surface area contributed by atoms with Crippen molar-refractivity contribution in [3.63, 3.8) is 0 Å². The Kier molecular flexibility index (Phi) is 6.97.